The molecule has 0 spiro atoms. The molecule has 0 aliphatic rings. The van der Waals surface area contributed by atoms with E-state index >= 15 is 0 Å². The van der Waals surface area contributed by atoms with Gasteiger partial charge in [-0.25, -0.2) is 0 Å². The van der Waals surface area contributed by atoms with E-state index in [9.17, 15) is 4.79 Å². The number of anilines is 1. The Labute approximate surface area is 151 Å². The van der Waals surface area contributed by atoms with Gasteiger partial charge in [0.15, 0.2) is 0 Å². The Bertz CT molecular complexity index is 655. The zero-order chi connectivity index (χ0) is 16.8. The summed E-state index contributed by atoms with van der Waals surface area (Å²) in [6.45, 7) is 0.503. The van der Waals surface area contributed by atoms with Gasteiger partial charge in [-0.3, -0.25) is 4.79 Å². The number of nitrogens with one attached hydrogen (secondary N) is 1. The summed E-state index contributed by atoms with van der Waals surface area (Å²) < 4.78 is 0. The molecule has 0 heterocycles. The van der Waals surface area contributed by atoms with Gasteiger partial charge < -0.3 is 10.2 Å². The minimum atomic E-state index is -0.0531. The van der Waals surface area contributed by atoms with E-state index in [-0.39, 0.29) is 11.7 Å². The number of thioether (sulfide) groups is 1. The summed E-state index contributed by atoms with van der Waals surface area (Å²) >= 11 is 13.5. The van der Waals surface area contributed by atoms with Crippen LogP contribution in [0.2, 0.25) is 10.0 Å². The van der Waals surface area contributed by atoms with E-state index in [0.29, 0.717) is 16.6 Å². The van der Waals surface area contributed by atoms with Crippen molar-refractivity contribution < 1.29 is 4.79 Å². The van der Waals surface area contributed by atoms with Crippen molar-refractivity contribution in [1.82, 2.24) is 5.32 Å². The second-order valence-corrected chi connectivity index (χ2v) is 6.98. The summed E-state index contributed by atoms with van der Waals surface area (Å²) in [6.07, 6.45) is 0. The van der Waals surface area contributed by atoms with Gasteiger partial charge in [0.1, 0.15) is 0 Å². The Hall–Kier alpha value is -1.36. The van der Waals surface area contributed by atoms with Gasteiger partial charge in [0.25, 0.3) is 0 Å². The lowest BCUT2D eigenvalue weighted by Crippen LogP contribution is -2.24. The lowest BCUT2D eigenvalue weighted by atomic mass is 10.2. The van der Waals surface area contributed by atoms with E-state index in [4.69, 9.17) is 23.2 Å². The van der Waals surface area contributed by atoms with Crippen molar-refractivity contribution >= 4 is 46.6 Å². The largest absolute Gasteiger partial charge is 0.378 e. The third-order valence-corrected chi connectivity index (χ3v) is 5.20. The zero-order valence-corrected chi connectivity index (χ0v) is 15.3. The van der Waals surface area contributed by atoms with Crippen LogP contribution in [0.1, 0.15) is 5.56 Å². The monoisotopic (exact) mass is 368 g/mol. The highest BCUT2D eigenvalue weighted by Gasteiger charge is 2.09. The van der Waals surface area contributed by atoms with Gasteiger partial charge in [0.05, 0.1) is 15.8 Å². The highest BCUT2D eigenvalue weighted by Crippen LogP contribution is 2.33. The normalized spacial score (nSPS) is 10.4. The molecule has 0 saturated carbocycles. The van der Waals surface area contributed by atoms with E-state index in [1.54, 1.807) is 18.2 Å². The average Bonchev–Trinajstić information content (AvgIpc) is 2.53. The molecule has 0 aliphatic heterocycles. The van der Waals surface area contributed by atoms with Crippen molar-refractivity contribution in [3.8, 4) is 0 Å². The number of nitrogens with zero attached hydrogens (tertiary/aromatic N) is 1. The molecule has 0 bridgehead atoms. The number of rotatable bonds is 6. The van der Waals surface area contributed by atoms with Gasteiger partial charge in [-0.2, -0.15) is 0 Å². The third-order valence-electron chi connectivity index (χ3n) is 3.21. The summed E-state index contributed by atoms with van der Waals surface area (Å²) in [5, 5.41) is 4.03. The summed E-state index contributed by atoms with van der Waals surface area (Å²) in [5.74, 6) is 0.224. The van der Waals surface area contributed by atoms with Gasteiger partial charge in [-0.05, 0) is 29.8 Å². The first-order valence-electron chi connectivity index (χ1n) is 7.07. The highest BCUT2D eigenvalue weighted by molar-refractivity contribution is 8.00. The fourth-order valence-corrected chi connectivity index (χ4v) is 3.44. The SMILES string of the molecule is CN(C)c1ccc(CNC(=O)CSc2c(Cl)cccc2Cl)cc1. The van der Waals surface area contributed by atoms with Gasteiger partial charge >= 0.3 is 0 Å². The molecule has 0 unspecified atom stereocenters. The third kappa shape index (κ3) is 5.34. The molecule has 2 rings (SSSR count). The lowest BCUT2D eigenvalue weighted by Gasteiger charge is -2.13. The Morgan fingerprint density at radius 2 is 1.70 bits per heavy atom. The second-order valence-electron chi connectivity index (χ2n) is 5.18. The predicted octanol–water partition coefficient (Wildman–Crippen LogP) is 4.47. The number of benzene rings is 2. The topological polar surface area (TPSA) is 32.3 Å². The smallest absolute Gasteiger partial charge is 0.230 e. The van der Waals surface area contributed by atoms with Crippen molar-refractivity contribution in [2.45, 2.75) is 11.4 Å². The van der Waals surface area contributed by atoms with E-state index in [1.807, 2.05) is 43.3 Å². The minimum absolute atomic E-state index is 0.0531. The van der Waals surface area contributed by atoms with Crippen LogP contribution in [0.25, 0.3) is 0 Å². The van der Waals surface area contributed by atoms with Gasteiger partial charge in [0, 0.05) is 31.2 Å². The Kier molecular flexibility index (Phi) is 6.63. The Balaban J connectivity index is 1.83. The van der Waals surface area contributed by atoms with E-state index in [1.165, 1.54) is 11.8 Å². The average molecular weight is 369 g/mol. The molecular formula is C17H18Cl2N2OS. The molecule has 0 aromatic heterocycles. The number of carbonyl (C=O) groups excluding carboxylic acids is 1. The summed E-state index contributed by atoms with van der Waals surface area (Å²) in [7, 11) is 3.99. The molecule has 3 nitrogen and oxygen atoms in total. The molecular weight excluding hydrogens is 351 g/mol. The Morgan fingerprint density at radius 3 is 2.26 bits per heavy atom. The van der Waals surface area contributed by atoms with Crippen LogP contribution >= 0.6 is 35.0 Å². The fourth-order valence-electron chi connectivity index (χ4n) is 1.92. The maximum Gasteiger partial charge on any atom is 0.230 e. The number of hydrogen-bond acceptors (Lipinski definition) is 3. The molecule has 0 radical (unpaired) electrons. The molecule has 1 N–H and O–H groups in total. The van der Waals surface area contributed by atoms with Crippen molar-refractivity contribution in [1.29, 1.82) is 0 Å². The lowest BCUT2D eigenvalue weighted by molar-refractivity contribution is -0.118. The zero-order valence-electron chi connectivity index (χ0n) is 13.0. The van der Waals surface area contributed by atoms with Crippen molar-refractivity contribution in [3.63, 3.8) is 0 Å². The second kappa shape index (κ2) is 8.48. The first-order valence-corrected chi connectivity index (χ1v) is 8.81. The maximum atomic E-state index is 12.0. The number of amides is 1. The summed E-state index contributed by atoms with van der Waals surface area (Å²) in [5.41, 5.74) is 2.19. The van der Waals surface area contributed by atoms with Crippen LogP contribution < -0.4 is 10.2 Å². The molecule has 0 fully saturated rings. The maximum absolute atomic E-state index is 12.0. The summed E-state index contributed by atoms with van der Waals surface area (Å²) in [6, 6.07) is 13.4. The first-order chi connectivity index (χ1) is 11.0. The van der Waals surface area contributed by atoms with E-state index in [2.05, 4.69) is 5.32 Å². The highest BCUT2D eigenvalue weighted by atomic mass is 35.5. The number of hydrogen-bond donors (Lipinski definition) is 1. The Morgan fingerprint density at radius 1 is 1.09 bits per heavy atom. The van der Waals surface area contributed by atoms with Crippen LogP contribution in [-0.4, -0.2) is 25.8 Å². The predicted molar refractivity (Wildman–Crippen MR) is 99.8 cm³/mol. The molecule has 6 heteroatoms. The van der Waals surface area contributed by atoms with Crippen molar-refractivity contribution in [2.75, 3.05) is 24.7 Å². The standard InChI is InChI=1S/C17H18Cl2N2OS/c1-21(2)13-8-6-12(7-9-13)10-20-16(22)11-23-17-14(18)4-3-5-15(17)19/h3-9H,10-11H2,1-2H3,(H,20,22). The molecule has 23 heavy (non-hydrogen) atoms. The molecule has 0 aliphatic carbocycles. The molecule has 2 aromatic carbocycles. The molecule has 0 atom stereocenters. The van der Waals surface area contributed by atoms with Crippen LogP contribution in [0.5, 0.6) is 0 Å². The quantitative estimate of drug-likeness (QED) is 0.763. The van der Waals surface area contributed by atoms with Gasteiger partial charge in [0.2, 0.25) is 5.91 Å². The fraction of sp³-hybridized carbons (Fsp3) is 0.235. The minimum Gasteiger partial charge on any atom is -0.378 e. The number of halogens is 2. The van der Waals surface area contributed by atoms with Crippen LogP contribution in [-0.2, 0) is 11.3 Å². The van der Waals surface area contributed by atoms with Gasteiger partial charge in [-0.15, -0.1) is 11.8 Å². The number of carbonyl (C=O) groups is 1. The first kappa shape index (κ1) is 18.0. The molecule has 1 amide bonds. The van der Waals surface area contributed by atoms with E-state index < -0.39 is 0 Å². The van der Waals surface area contributed by atoms with Crippen LogP contribution in [0.4, 0.5) is 5.69 Å². The van der Waals surface area contributed by atoms with Crippen LogP contribution in [0, 0.1) is 0 Å². The van der Waals surface area contributed by atoms with Crippen molar-refractivity contribution in [2.24, 2.45) is 0 Å². The van der Waals surface area contributed by atoms with Crippen LogP contribution in [0.3, 0.4) is 0 Å². The van der Waals surface area contributed by atoms with Crippen molar-refractivity contribution in [3.05, 3.63) is 58.1 Å². The van der Waals surface area contributed by atoms with Gasteiger partial charge in [-0.1, -0.05) is 41.4 Å². The molecule has 122 valence electrons. The summed E-state index contributed by atoms with van der Waals surface area (Å²) in [4.78, 5) is 14.7. The van der Waals surface area contributed by atoms with Crippen LogP contribution in [0.15, 0.2) is 47.4 Å². The molecule has 0 saturated heterocycles. The van der Waals surface area contributed by atoms with E-state index in [0.717, 1.165) is 16.1 Å². The molecule has 2 aromatic rings.